The summed E-state index contributed by atoms with van der Waals surface area (Å²) < 4.78 is 7.00. The molecule has 1 atom stereocenters. The third-order valence-corrected chi connectivity index (χ3v) is 3.45. The van der Waals surface area contributed by atoms with Gasteiger partial charge in [0.2, 0.25) is 11.8 Å². The Bertz CT molecular complexity index is 568. The molecule has 0 spiro atoms. The van der Waals surface area contributed by atoms with E-state index >= 15 is 0 Å². The highest BCUT2D eigenvalue weighted by atomic mass is 16.5. The third kappa shape index (κ3) is 2.25. The monoisotopic (exact) mass is 259 g/mol. The molecule has 19 heavy (non-hydrogen) atoms. The molecule has 0 N–H and O–H groups in total. The van der Waals surface area contributed by atoms with Crippen molar-refractivity contribution in [1.82, 2.24) is 19.7 Å². The maximum absolute atomic E-state index is 5.17. The van der Waals surface area contributed by atoms with Gasteiger partial charge in [-0.2, -0.15) is 10.1 Å². The van der Waals surface area contributed by atoms with Crippen LogP contribution in [-0.2, 0) is 7.05 Å². The zero-order chi connectivity index (χ0) is 13.2. The second-order valence-electron chi connectivity index (χ2n) is 4.70. The van der Waals surface area contributed by atoms with Gasteiger partial charge in [0.1, 0.15) is 0 Å². The summed E-state index contributed by atoms with van der Waals surface area (Å²) in [5.41, 5.74) is 1.21. The largest absolute Gasteiger partial charge is 0.481 e. The van der Waals surface area contributed by atoms with E-state index < -0.39 is 0 Å². The average molecular weight is 259 g/mol. The number of anilines is 1. The van der Waals surface area contributed by atoms with Crippen molar-refractivity contribution in [1.29, 1.82) is 0 Å². The van der Waals surface area contributed by atoms with Gasteiger partial charge in [-0.1, -0.05) is 0 Å². The molecule has 0 amide bonds. The molecule has 1 saturated heterocycles. The quantitative estimate of drug-likeness (QED) is 0.837. The molecule has 3 heterocycles. The number of methoxy groups -OCH3 is 1. The van der Waals surface area contributed by atoms with E-state index in [1.165, 1.54) is 5.56 Å². The molecule has 1 aliphatic rings. The molecule has 0 aliphatic carbocycles. The van der Waals surface area contributed by atoms with Gasteiger partial charge in [-0.15, -0.1) is 0 Å². The maximum Gasteiger partial charge on any atom is 0.229 e. The Labute approximate surface area is 112 Å². The molecule has 0 radical (unpaired) electrons. The Morgan fingerprint density at radius 1 is 1.42 bits per heavy atom. The summed E-state index contributed by atoms with van der Waals surface area (Å²) >= 11 is 0. The Morgan fingerprint density at radius 2 is 2.32 bits per heavy atom. The first-order chi connectivity index (χ1) is 9.28. The van der Waals surface area contributed by atoms with Crippen molar-refractivity contribution in [3.63, 3.8) is 0 Å². The number of aryl methyl sites for hydroxylation is 1. The Morgan fingerprint density at radius 3 is 3.05 bits per heavy atom. The molecule has 1 fully saturated rings. The van der Waals surface area contributed by atoms with Crippen LogP contribution in [-0.4, -0.2) is 33.4 Å². The summed E-state index contributed by atoms with van der Waals surface area (Å²) in [6, 6.07) is 2.07. The summed E-state index contributed by atoms with van der Waals surface area (Å²) in [6.07, 6.45) is 7.96. The van der Waals surface area contributed by atoms with E-state index in [1.807, 2.05) is 17.9 Å². The van der Waals surface area contributed by atoms with E-state index in [0.29, 0.717) is 11.9 Å². The SMILES string of the molecule is COc1ccnc(N2CCCC2c2cnn(C)c2)n1. The van der Waals surface area contributed by atoms with Crippen molar-refractivity contribution in [2.45, 2.75) is 18.9 Å². The molecule has 0 aromatic carbocycles. The van der Waals surface area contributed by atoms with E-state index in [9.17, 15) is 0 Å². The molecule has 3 rings (SSSR count). The van der Waals surface area contributed by atoms with Gasteiger partial charge in [0.25, 0.3) is 0 Å². The number of hydrogen-bond donors (Lipinski definition) is 0. The molecule has 6 heteroatoms. The first kappa shape index (κ1) is 12.0. The van der Waals surface area contributed by atoms with E-state index in [-0.39, 0.29) is 0 Å². The van der Waals surface area contributed by atoms with Gasteiger partial charge in [0.15, 0.2) is 0 Å². The summed E-state index contributed by atoms with van der Waals surface area (Å²) in [5, 5.41) is 4.25. The lowest BCUT2D eigenvalue weighted by atomic mass is 10.1. The summed E-state index contributed by atoms with van der Waals surface area (Å²) in [7, 11) is 3.56. The topological polar surface area (TPSA) is 56.1 Å². The van der Waals surface area contributed by atoms with Crippen LogP contribution in [0.1, 0.15) is 24.4 Å². The number of ether oxygens (including phenoxy) is 1. The normalized spacial score (nSPS) is 18.8. The second kappa shape index (κ2) is 4.87. The van der Waals surface area contributed by atoms with Crippen LogP contribution in [0.15, 0.2) is 24.7 Å². The van der Waals surface area contributed by atoms with Crippen LogP contribution >= 0.6 is 0 Å². The van der Waals surface area contributed by atoms with Gasteiger partial charge in [-0.25, -0.2) is 4.98 Å². The Balaban J connectivity index is 1.90. The maximum atomic E-state index is 5.17. The lowest BCUT2D eigenvalue weighted by molar-refractivity contribution is 0.396. The van der Waals surface area contributed by atoms with Crippen LogP contribution in [0.25, 0.3) is 0 Å². The Hall–Kier alpha value is -2.11. The molecule has 1 unspecified atom stereocenters. The minimum Gasteiger partial charge on any atom is -0.481 e. The highest BCUT2D eigenvalue weighted by molar-refractivity contribution is 5.38. The van der Waals surface area contributed by atoms with Crippen molar-refractivity contribution in [2.24, 2.45) is 7.05 Å². The molecule has 1 aliphatic heterocycles. The third-order valence-electron chi connectivity index (χ3n) is 3.45. The fourth-order valence-electron chi connectivity index (χ4n) is 2.55. The smallest absolute Gasteiger partial charge is 0.229 e. The average Bonchev–Trinajstić information content (AvgIpc) is 3.07. The van der Waals surface area contributed by atoms with Gasteiger partial charge in [-0.3, -0.25) is 4.68 Å². The molecular formula is C13H17N5O. The van der Waals surface area contributed by atoms with E-state index in [1.54, 1.807) is 19.4 Å². The standard InChI is InChI=1S/C13H17N5O/c1-17-9-10(8-15-17)11-4-3-7-18(11)13-14-6-5-12(16-13)19-2/h5-6,8-9,11H,3-4,7H2,1-2H3. The van der Waals surface area contributed by atoms with Crippen molar-refractivity contribution >= 4 is 5.95 Å². The summed E-state index contributed by atoms with van der Waals surface area (Å²) in [5.74, 6) is 1.33. The second-order valence-corrected chi connectivity index (χ2v) is 4.70. The van der Waals surface area contributed by atoms with Gasteiger partial charge in [0.05, 0.1) is 19.3 Å². The summed E-state index contributed by atoms with van der Waals surface area (Å²) in [4.78, 5) is 11.0. The van der Waals surface area contributed by atoms with E-state index in [0.717, 1.165) is 25.3 Å². The highest BCUT2D eigenvalue weighted by Gasteiger charge is 2.29. The van der Waals surface area contributed by atoms with Crippen LogP contribution < -0.4 is 9.64 Å². The Kier molecular flexibility index (Phi) is 3.06. The number of rotatable bonds is 3. The zero-order valence-electron chi connectivity index (χ0n) is 11.2. The fraction of sp³-hybridized carbons (Fsp3) is 0.462. The predicted molar refractivity (Wildman–Crippen MR) is 71.1 cm³/mol. The van der Waals surface area contributed by atoms with Gasteiger partial charge < -0.3 is 9.64 Å². The molecule has 2 aromatic heterocycles. The highest BCUT2D eigenvalue weighted by Crippen LogP contribution is 2.34. The summed E-state index contributed by atoms with van der Waals surface area (Å²) in [6.45, 7) is 0.965. The molecule has 2 aromatic rings. The molecule has 6 nitrogen and oxygen atoms in total. The lowest BCUT2D eigenvalue weighted by Crippen LogP contribution is -2.24. The van der Waals surface area contributed by atoms with Crippen LogP contribution in [0.5, 0.6) is 5.88 Å². The van der Waals surface area contributed by atoms with Gasteiger partial charge in [-0.05, 0) is 12.8 Å². The van der Waals surface area contributed by atoms with Crippen LogP contribution in [0.3, 0.4) is 0 Å². The zero-order valence-corrected chi connectivity index (χ0v) is 11.2. The van der Waals surface area contributed by atoms with Crippen LogP contribution in [0.2, 0.25) is 0 Å². The molecular weight excluding hydrogens is 242 g/mol. The number of nitrogens with zero attached hydrogens (tertiary/aromatic N) is 5. The number of hydrogen-bond acceptors (Lipinski definition) is 5. The van der Waals surface area contributed by atoms with E-state index in [4.69, 9.17) is 4.74 Å². The van der Waals surface area contributed by atoms with Gasteiger partial charge >= 0.3 is 0 Å². The fourth-order valence-corrected chi connectivity index (χ4v) is 2.55. The first-order valence-corrected chi connectivity index (χ1v) is 6.40. The first-order valence-electron chi connectivity index (χ1n) is 6.40. The van der Waals surface area contributed by atoms with Gasteiger partial charge in [0, 0.05) is 37.6 Å². The van der Waals surface area contributed by atoms with Crippen molar-refractivity contribution in [3.05, 3.63) is 30.2 Å². The molecule has 0 bridgehead atoms. The number of aromatic nitrogens is 4. The van der Waals surface area contributed by atoms with Crippen molar-refractivity contribution < 1.29 is 4.74 Å². The lowest BCUT2D eigenvalue weighted by Gasteiger charge is -2.23. The minimum absolute atomic E-state index is 0.306. The van der Waals surface area contributed by atoms with E-state index in [2.05, 4.69) is 26.2 Å². The minimum atomic E-state index is 0.306. The van der Waals surface area contributed by atoms with Crippen molar-refractivity contribution in [3.8, 4) is 5.88 Å². The molecule has 100 valence electrons. The van der Waals surface area contributed by atoms with Crippen LogP contribution in [0.4, 0.5) is 5.95 Å². The van der Waals surface area contributed by atoms with Crippen molar-refractivity contribution in [2.75, 3.05) is 18.6 Å². The van der Waals surface area contributed by atoms with Crippen LogP contribution in [0, 0.1) is 0 Å². The predicted octanol–water partition coefficient (Wildman–Crippen LogP) is 1.56. The molecule has 0 saturated carbocycles.